The molecule has 0 saturated heterocycles. The molecule has 0 unspecified atom stereocenters. The molecule has 0 spiro atoms. The Morgan fingerprint density at radius 1 is 1.12 bits per heavy atom. The fraction of sp³-hybridized carbons (Fsp3) is 0.208. The number of ether oxygens (including phenoxy) is 2. The number of amides is 1. The fourth-order valence-corrected chi connectivity index (χ4v) is 3.34. The van der Waals surface area contributed by atoms with Gasteiger partial charge in [-0.3, -0.25) is 9.59 Å². The van der Waals surface area contributed by atoms with Crippen LogP contribution in [0.25, 0.3) is 17.4 Å². The number of furan rings is 1. The number of rotatable bonds is 8. The van der Waals surface area contributed by atoms with Gasteiger partial charge in [0.1, 0.15) is 23.1 Å². The van der Waals surface area contributed by atoms with Gasteiger partial charge in [0.15, 0.2) is 30.3 Å². The number of benzene rings is 1. The van der Waals surface area contributed by atoms with Gasteiger partial charge in [0.25, 0.3) is 5.91 Å². The van der Waals surface area contributed by atoms with Crippen molar-refractivity contribution < 1.29 is 23.5 Å². The molecule has 0 aliphatic carbocycles. The van der Waals surface area contributed by atoms with Gasteiger partial charge in [-0.15, -0.1) is 0 Å². The predicted molar refractivity (Wildman–Crippen MR) is 124 cm³/mol. The number of aromatic nitrogens is 4. The summed E-state index contributed by atoms with van der Waals surface area (Å²) in [6.45, 7) is 5.34. The molecule has 1 amide bonds. The highest BCUT2D eigenvalue weighted by Gasteiger charge is 2.15. The first-order valence-electron chi connectivity index (χ1n) is 10.4. The lowest BCUT2D eigenvalue weighted by Crippen LogP contribution is -2.21. The van der Waals surface area contributed by atoms with Crippen molar-refractivity contribution in [3.63, 3.8) is 0 Å². The van der Waals surface area contributed by atoms with Crippen LogP contribution in [0.1, 0.15) is 27.5 Å². The Morgan fingerprint density at radius 3 is 2.59 bits per heavy atom. The van der Waals surface area contributed by atoms with E-state index >= 15 is 0 Å². The summed E-state index contributed by atoms with van der Waals surface area (Å²) in [5.41, 5.74) is 2.10. The van der Waals surface area contributed by atoms with Crippen LogP contribution in [0.2, 0.25) is 0 Å². The molecule has 0 saturated carbocycles. The van der Waals surface area contributed by atoms with E-state index in [9.17, 15) is 9.59 Å². The van der Waals surface area contributed by atoms with Crippen LogP contribution in [0, 0.1) is 20.8 Å². The Labute approximate surface area is 195 Å². The van der Waals surface area contributed by atoms with Crippen molar-refractivity contribution in [2.75, 3.05) is 19.0 Å². The monoisotopic (exact) mass is 461 g/mol. The van der Waals surface area contributed by atoms with Gasteiger partial charge in [0, 0.05) is 17.8 Å². The van der Waals surface area contributed by atoms with Gasteiger partial charge >= 0.3 is 0 Å². The lowest BCUT2D eigenvalue weighted by molar-refractivity contribution is -0.118. The maximum absolute atomic E-state index is 12.6. The number of hydrogen-bond donors (Lipinski definition) is 1. The molecule has 0 aliphatic rings. The number of nitrogens with zero attached hydrogens (tertiary/aromatic N) is 4. The molecule has 0 aliphatic heterocycles. The van der Waals surface area contributed by atoms with Crippen molar-refractivity contribution in [3.05, 3.63) is 65.2 Å². The van der Waals surface area contributed by atoms with E-state index in [0.717, 1.165) is 11.4 Å². The molecular weight excluding hydrogens is 438 g/mol. The fourth-order valence-electron chi connectivity index (χ4n) is 3.34. The topological polar surface area (TPSA) is 121 Å². The number of aryl methyl sites for hydroxylation is 3. The zero-order chi connectivity index (χ0) is 24.2. The number of carbonyl (C=O) groups is 2. The summed E-state index contributed by atoms with van der Waals surface area (Å²) >= 11 is 0. The molecule has 4 rings (SSSR count). The highest BCUT2D eigenvalue weighted by molar-refractivity contribution is 5.91. The van der Waals surface area contributed by atoms with E-state index in [2.05, 4.69) is 20.4 Å². The summed E-state index contributed by atoms with van der Waals surface area (Å²) in [5.74, 6) is 2.55. The average Bonchev–Trinajstić information content (AvgIpc) is 3.41. The van der Waals surface area contributed by atoms with Crippen LogP contribution in [-0.2, 0) is 4.79 Å². The second-order valence-electron chi connectivity index (χ2n) is 7.54. The van der Waals surface area contributed by atoms with Crippen molar-refractivity contribution in [2.24, 2.45) is 0 Å². The largest absolute Gasteiger partial charge is 0.496 e. The van der Waals surface area contributed by atoms with Crippen molar-refractivity contribution in [1.29, 1.82) is 0 Å². The Bertz CT molecular complexity index is 1360. The molecular formula is C24H23N5O5. The summed E-state index contributed by atoms with van der Waals surface area (Å²) in [4.78, 5) is 32.6. The van der Waals surface area contributed by atoms with Gasteiger partial charge in [0.2, 0.25) is 0 Å². The molecule has 0 bridgehead atoms. The van der Waals surface area contributed by atoms with Crippen LogP contribution >= 0.6 is 0 Å². The number of anilines is 1. The Morgan fingerprint density at radius 2 is 1.94 bits per heavy atom. The van der Waals surface area contributed by atoms with E-state index in [1.165, 1.54) is 7.11 Å². The van der Waals surface area contributed by atoms with Gasteiger partial charge in [0.05, 0.1) is 18.4 Å². The molecule has 0 radical (unpaired) electrons. The van der Waals surface area contributed by atoms with Gasteiger partial charge in [-0.05, 0) is 51.1 Å². The summed E-state index contributed by atoms with van der Waals surface area (Å²) in [7, 11) is 1.45. The average molecular weight is 461 g/mol. The first-order chi connectivity index (χ1) is 16.4. The minimum absolute atomic E-state index is 0.268. The zero-order valence-corrected chi connectivity index (χ0v) is 19.2. The second-order valence-corrected chi connectivity index (χ2v) is 7.54. The van der Waals surface area contributed by atoms with Crippen LogP contribution in [0.4, 0.5) is 5.82 Å². The van der Waals surface area contributed by atoms with Crippen molar-refractivity contribution >= 4 is 18.0 Å². The standard InChI is InChI=1S/C24H23N5O5/c1-14-9-15(2)29(28-14)22-11-21(26-24(27-22)19-8-5-16(3)34-19)25-23(31)13-33-18-7-6-17(12-30)20(10-18)32-4/h5-12H,13H2,1-4H3,(H,25,26,27,31). The Balaban J connectivity index is 1.57. The molecule has 3 aromatic heterocycles. The lowest BCUT2D eigenvalue weighted by atomic mass is 10.2. The van der Waals surface area contributed by atoms with Gasteiger partial charge in [-0.1, -0.05) is 0 Å². The number of aldehydes is 1. The summed E-state index contributed by atoms with van der Waals surface area (Å²) in [5, 5.41) is 7.20. The quantitative estimate of drug-likeness (QED) is 0.394. The van der Waals surface area contributed by atoms with E-state index in [1.807, 2.05) is 32.9 Å². The zero-order valence-electron chi connectivity index (χ0n) is 19.2. The second kappa shape index (κ2) is 9.57. The minimum atomic E-state index is -0.432. The molecule has 10 heteroatoms. The molecule has 3 heterocycles. The van der Waals surface area contributed by atoms with E-state index in [4.69, 9.17) is 13.9 Å². The molecule has 174 valence electrons. The van der Waals surface area contributed by atoms with Crippen molar-refractivity contribution in [1.82, 2.24) is 19.7 Å². The lowest BCUT2D eigenvalue weighted by Gasteiger charge is -2.11. The van der Waals surface area contributed by atoms with Crippen LogP contribution in [0.5, 0.6) is 11.5 Å². The SMILES string of the molecule is COc1cc(OCC(=O)Nc2cc(-n3nc(C)cc3C)nc(-c3ccc(C)o3)n2)ccc1C=O. The third-order valence-electron chi connectivity index (χ3n) is 4.87. The third kappa shape index (κ3) is 4.96. The first-order valence-corrected chi connectivity index (χ1v) is 10.4. The summed E-state index contributed by atoms with van der Waals surface area (Å²) < 4.78 is 18.1. The van der Waals surface area contributed by atoms with Crippen molar-refractivity contribution in [2.45, 2.75) is 20.8 Å². The maximum atomic E-state index is 12.6. The highest BCUT2D eigenvalue weighted by atomic mass is 16.5. The van der Waals surface area contributed by atoms with Crippen LogP contribution in [0.3, 0.4) is 0 Å². The normalized spacial score (nSPS) is 10.7. The number of nitrogens with one attached hydrogen (secondary N) is 1. The summed E-state index contributed by atoms with van der Waals surface area (Å²) in [6, 6.07) is 11.8. The van der Waals surface area contributed by atoms with Crippen LogP contribution in [-0.4, -0.2) is 45.7 Å². The molecule has 4 aromatic rings. The minimum Gasteiger partial charge on any atom is -0.496 e. The molecule has 0 fully saturated rings. The van der Waals surface area contributed by atoms with Gasteiger partial charge in [-0.2, -0.15) is 5.10 Å². The van der Waals surface area contributed by atoms with Gasteiger partial charge in [-0.25, -0.2) is 14.6 Å². The van der Waals surface area contributed by atoms with E-state index in [0.29, 0.717) is 46.5 Å². The summed E-state index contributed by atoms with van der Waals surface area (Å²) in [6.07, 6.45) is 0.683. The van der Waals surface area contributed by atoms with Crippen LogP contribution in [0.15, 0.2) is 46.9 Å². The number of carbonyl (C=O) groups excluding carboxylic acids is 2. The number of methoxy groups -OCH3 is 1. The molecule has 1 aromatic carbocycles. The Hall–Kier alpha value is -4.47. The number of hydrogen-bond acceptors (Lipinski definition) is 8. The maximum Gasteiger partial charge on any atom is 0.263 e. The molecule has 0 atom stereocenters. The predicted octanol–water partition coefficient (Wildman–Crippen LogP) is 3.69. The van der Waals surface area contributed by atoms with Gasteiger partial charge < -0.3 is 19.2 Å². The van der Waals surface area contributed by atoms with E-state index in [1.54, 1.807) is 35.0 Å². The van der Waals surface area contributed by atoms with E-state index in [-0.39, 0.29) is 12.4 Å². The Kier molecular flexibility index (Phi) is 6.39. The molecule has 34 heavy (non-hydrogen) atoms. The molecule has 1 N–H and O–H groups in total. The molecule has 10 nitrogen and oxygen atoms in total. The third-order valence-corrected chi connectivity index (χ3v) is 4.87. The first kappa shape index (κ1) is 22.7. The smallest absolute Gasteiger partial charge is 0.263 e. The van der Waals surface area contributed by atoms with Crippen LogP contribution < -0.4 is 14.8 Å². The van der Waals surface area contributed by atoms with E-state index < -0.39 is 5.91 Å². The van der Waals surface area contributed by atoms with Crippen molar-refractivity contribution in [3.8, 4) is 28.9 Å². The highest BCUT2D eigenvalue weighted by Crippen LogP contribution is 2.24.